The fourth-order valence-corrected chi connectivity index (χ4v) is 1.54. The van der Waals surface area contributed by atoms with E-state index < -0.39 is 24.0 Å². The van der Waals surface area contributed by atoms with E-state index in [2.05, 4.69) is 5.32 Å². The third-order valence-corrected chi connectivity index (χ3v) is 2.60. The van der Waals surface area contributed by atoms with Gasteiger partial charge in [0.1, 0.15) is 6.04 Å². The van der Waals surface area contributed by atoms with E-state index in [0.717, 1.165) is 5.56 Å². The van der Waals surface area contributed by atoms with E-state index in [9.17, 15) is 14.7 Å². The van der Waals surface area contributed by atoms with Crippen molar-refractivity contribution in [1.82, 2.24) is 10.8 Å². The number of carboxylic acids is 1. The minimum absolute atomic E-state index is 0.170. The fraction of sp³-hybridized carbons (Fsp3) is 0.333. The van der Waals surface area contributed by atoms with Crippen LogP contribution in [-0.4, -0.2) is 39.4 Å². The van der Waals surface area contributed by atoms with Gasteiger partial charge in [0.25, 0.3) is 5.91 Å². The number of aliphatic hydroxyl groups excluding tert-OH is 1. The Morgan fingerprint density at radius 3 is 2.26 bits per heavy atom. The van der Waals surface area contributed by atoms with Crippen molar-refractivity contribution >= 4 is 11.9 Å². The number of nitrogens with one attached hydrogen (secondary N) is 2. The second-order valence-electron chi connectivity index (χ2n) is 4.08. The van der Waals surface area contributed by atoms with Gasteiger partial charge in [0, 0.05) is 6.54 Å². The minimum atomic E-state index is -1.01. The molecule has 19 heavy (non-hydrogen) atoms. The van der Waals surface area contributed by atoms with Gasteiger partial charge in [0.05, 0.1) is 11.7 Å². The van der Waals surface area contributed by atoms with Gasteiger partial charge in [-0.1, -0.05) is 12.1 Å². The van der Waals surface area contributed by atoms with Crippen molar-refractivity contribution < 1.29 is 25.0 Å². The molecule has 0 spiro atoms. The number of rotatable bonds is 6. The van der Waals surface area contributed by atoms with Crippen molar-refractivity contribution in [3.63, 3.8) is 0 Å². The quantitative estimate of drug-likeness (QED) is 0.358. The first-order valence-corrected chi connectivity index (χ1v) is 5.63. The maximum Gasteiger partial charge on any atom is 0.335 e. The molecule has 0 bridgehead atoms. The predicted molar refractivity (Wildman–Crippen MR) is 65.6 cm³/mol. The largest absolute Gasteiger partial charge is 0.478 e. The smallest absolute Gasteiger partial charge is 0.335 e. The first-order valence-electron chi connectivity index (χ1n) is 5.63. The third-order valence-electron chi connectivity index (χ3n) is 2.60. The van der Waals surface area contributed by atoms with Crippen LogP contribution in [0.4, 0.5) is 0 Å². The Morgan fingerprint density at radius 1 is 1.26 bits per heavy atom. The molecule has 0 radical (unpaired) electrons. The number of aliphatic hydroxyl groups is 1. The summed E-state index contributed by atoms with van der Waals surface area (Å²) in [5, 5.41) is 29.4. The highest BCUT2D eigenvalue weighted by molar-refractivity contribution is 5.87. The van der Waals surface area contributed by atoms with E-state index in [1.165, 1.54) is 24.5 Å². The number of carbonyl (C=O) groups is 2. The highest BCUT2D eigenvalue weighted by atomic mass is 16.5. The van der Waals surface area contributed by atoms with Crippen LogP contribution in [0, 0.1) is 0 Å². The van der Waals surface area contributed by atoms with Crippen molar-refractivity contribution in [2.24, 2.45) is 0 Å². The number of aromatic carboxylic acids is 1. The summed E-state index contributed by atoms with van der Waals surface area (Å²) in [7, 11) is 0. The van der Waals surface area contributed by atoms with Crippen LogP contribution >= 0.6 is 0 Å². The van der Waals surface area contributed by atoms with E-state index in [1.807, 2.05) is 0 Å². The zero-order chi connectivity index (χ0) is 14.4. The van der Waals surface area contributed by atoms with Crippen LogP contribution in [0.15, 0.2) is 24.3 Å². The molecule has 0 unspecified atom stereocenters. The monoisotopic (exact) mass is 268 g/mol. The molecule has 1 aromatic rings. The van der Waals surface area contributed by atoms with Crippen molar-refractivity contribution in [2.45, 2.75) is 25.6 Å². The number of hydrogen-bond acceptors (Lipinski definition) is 5. The summed E-state index contributed by atoms with van der Waals surface area (Å²) >= 11 is 0. The van der Waals surface area contributed by atoms with Gasteiger partial charge in [0.2, 0.25) is 0 Å². The number of carboxylic acid groups (broad SMARTS) is 1. The Morgan fingerprint density at radius 2 is 1.84 bits per heavy atom. The molecule has 1 amide bonds. The molecule has 1 aromatic carbocycles. The topological polar surface area (TPSA) is 119 Å². The Balaban J connectivity index is 2.64. The summed E-state index contributed by atoms with van der Waals surface area (Å²) in [4.78, 5) is 21.9. The minimum Gasteiger partial charge on any atom is -0.478 e. The Bertz CT molecular complexity index is 444. The molecule has 0 fully saturated rings. The number of hydrogen-bond donors (Lipinski definition) is 5. The number of amides is 1. The van der Waals surface area contributed by atoms with Gasteiger partial charge in [-0.3, -0.25) is 15.3 Å². The van der Waals surface area contributed by atoms with E-state index in [1.54, 1.807) is 12.1 Å². The molecule has 0 aliphatic heterocycles. The van der Waals surface area contributed by atoms with Crippen LogP contribution < -0.4 is 10.8 Å². The summed E-state index contributed by atoms with van der Waals surface area (Å²) in [6, 6.07) is 5.15. The van der Waals surface area contributed by atoms with Crippen molar-refractivity contribution in [2.75, 3.05) is 0 Å². The Labute approximate surface area is 109 Å². The average molecular weight is 268 g/mol. The molecule has 2 atom stereocenters. The molecule has 7 heteroatoms. The summed E-state index contributed by atoms with van der Waals surface area (Å²) in [5.41, 5.74) is 2.39. The summed E-state index contributed by atoms with van der Waals surface area (Å²) in [5.74, 6) is -1.75. The number of carbonyl (C=O) groups excluding carboxylic acids is 1. The van der Waals surface area contributed by atoms with Crippen molar-refractivity contribution in [3.8, 4) is 0 Å². The van der Waals surface area contributed by atoms with Crippen LogP contribution in [0.2, 0.25) is 0 Å². The predicted octanol–water partition coefficient (Wildman–Crippen LogP) is -0.271. The van der Waals surface area contributed by atoms with Crippen LogP contribution in [0.3, 0.4) is 0 Å². The highest BCUT2D eigenvalue weighted by Gasteiger charge is 2.22. The van der Waals surface area contributed by atoms with Crippen LogP contribution in [-0.2, 0) is 11.3 Å². The standard InChI is InChI=1S/C12H16N2O5/c1-7(15)10(11(16)14-19)13-6-8-2-4-9(5-3-8)12(17)18/h2-5,7,10,13,15,19H,6H2,1H3,(H,14,16)(H,17,18)/t7-,10+/m1/s1. The zero-order valence-electron chi connectivity index (χ0n) is 10.3. The normalized spacial score (nSPS) is 13.6. The molecular formula is C12H16N2O5. The highest BCUT2D eigenvalue weighted by Crippen LogP contribution is 2.05. The lowest BCUT2D eigenvalue weighted by molar-refractivity contribution is -0.134. The second kappa shape index (κ2) is 6.83. The lowest BCUT2D eigenvalue weighted by atomic mass is 10.1. The third kappa shape index (κ3) is 4.32. The van der Waals surface area contributed by atoms with Crippen LogP contribution in [0.1, 0.15) is 22.8 Å². The lowest BCUT2D eigenvalue weighted by Crippen LogP contribution is -2.49. The Kier molecular flexibility index (Phi) is 5.43. The molecule has 1 rings (SSSR count). The van der Waals surface area contributed by atoms with E-state index in [0.29, 0.717) is 0 Å². The number of hydroxylamine groups is 1. The van der Waals surface area contributed by atoms with E-state index in [-0.39, 0.29) is 12.1 Å². The summed E-state index contributed by atoms with van der Waals surface area (Å²) < 4.78 is 0. The maximum absolute atomic E-state index is 11.3. The summed E-state index contributed by atoms with van der Waals surface area (Å²) in [6.07, 6.45) is -0.981. The molecule has 7 nitrogen and oxygen atoms in total. The first kappa shape index (κ1) is 15.1. The second-order valence-corrected chi connectivity index (χ2v) is 4.08. The van der Waals surface area contributed by atoms with Gasteiger partial charge in [-0.05, 0) is 24.6 Å². The maximum atomic E-state index is 11.3. The Hall–Kier alpha value is -1.96. The lowest BCUT2D eigenvalue weighted by Gasteiger charge is -2.19. The fourth-order valence-electron chi connectivity index (χ4n) is 1.54. The van der Waals surface area contributed by atoms with Gasteiger partial charge < -0.3 is 10.2 Å². The molecule has 0 heterocycles. The van der Waals surface area contributed by atoms with Crippen LogP contribution in [0.5, 0.6) is 0 Å². The molecule has 0 saturated heterocycles. The van der Waals surface area contributed by atoms with Gasteiger partial charge in [-0.15, -0.1) is 0 Å². The van der Waals surface area contributed by atoms with Gasteiger partial charge >= 0.3 is 5.97 Å². The SMILES string of the molecule is C[C@@H](O)[C@H](NCc1ccc(C(=O)O)cc1)C(=O)NO. The zero-order valence-corrected chi connectivity index (χ0v) is 10.3. The van der Waals surface area contributed by atoms with Gasteiger partial charge in [-0.2, -0.15) is 0 Å². The molecule has 0 saturated carbocycles. The molecular weight excluding hydrogens is 252 g/mol. The summed E-state index contributed by atoms with van der Waals surface area (Å²) in [6.45, 7) is 1.67. The molecule has 0 aromatic heterocycles. The molecule has 104 valence electrons. The van der Waals surface area contributed by atoms with Gasteiger partial charge in [0.15, 0.2) is 0 Å². The van der Waals surface area contributed by atoms with Crippen molar-refractivity contribution in [1.29, 1.82) is 0 Å². The van der Waals surface area contributed by atoms with E-state index >= 15 is 0 Å². The molecule has 5 N–H and O–H groups in total. The van der Waals surface area contributed by atoms with Gasteiger partial charge in [-0.25, -0.2) is 10.3 Å². The average Bonchev–Trinajstić information content (AvgIpc) is 2.38. The van der Waals surface area contributed by atoms with E-state index in [4.69, 9.17) is 10.3 Å². The molecule has 0 aliphatic carbocycles. The van der Waals surface area contributed by atoms with Crippen molar-refractivity contribution in [3.05, 3.63) is 35.4 Å². The first-order chi connectivity index (χ1) is 8.95. The molecule has 0 aliphatic rings. The van der Waals surface area contributed by atoms with Crippen LogP contribution in [0.25, 0.3) is 0 Å². The number of benzene rings is 1.